The molecule has 140 valence electrons. The predicted octanol–water partition coefficient (Wildman–Crippen LogP) is 2.15. The average molecular weight is 371 g/mol. The van der Waals surface area contributed by atoms with Crippen molar-refractivity contribution in [2.24, 2.45) is 5.73 Å². The fourth-order valence-electron chi connectivity index (χ4n) is 1.82. The van der Waals surface area contributed by atoms with Gasteiger partial charge in [0.2, 0.25) is 0 Å². The summed E-state index contributed by atoms with van der Waals surface area (Å²) in [6, 6.07) is 5.42. The van der Waals surface area contributed by atoms with Gasteiger partial charge in [0.1, 0.15) is 5.82 Å². The number of carboxylic acid groups (broad SMARTS) is 1. The van der Waals surface area contributed by atoms with Crippen LogP contribution < -0.4 is 16.8 Å². The Kier molecular flexibility index (Phi) is 6.47. The van der Waals surface area contributed by atoms with E-state index in [0.717, 1.165) is 11.3 Å². The number of rotatable bonds is 3. The van der Waals surface area contributed by atoms with E-state index in [1.807, 2.05) is 26.0 Å². The first kappa shape index (κ1) is 20.7. The Bertz CT molecular complexity index is 804. The number of nitrogens with two attached hydrogens (primary N) is 2. The fourth-order valence-corrected chi connectivity index (χ4v) is 1.82. The molecule has 0 fully saturated rings. The molecule has 6 N–H and O–H groups in total. The van der Waals surface area contributed by atoms with Crippen molar-refractivity contribution in [3.05, 3.63) is 41.3 Å². The van der Waals surface area contributed by atoms with Crippen molar-refractivity contribution in [2.45, 2.75) is 20.0 Å². The van der Waals surface area contributed by atoms with Gasteiger partial charge in [-0.05, 0) is 37.6 Å². The van der Waals surface area contributed by atoms with Crippen molar-refractivity contribution in [3.8, 4) is 0 Å². The van der Waals surface area contributed by atoms with Crippen LogP contribution in [0.2, 0.25) is 0 Å². The maximum absolute atomic E-state index is 11.3. The molecule has 0 radical (unpaired) electrons. The summed E-state index contributed by atoms with van der Waals surface area (Å²) in [6.45, 7) is 3.86. The summed E-state index contributed by atoms with van der Waals surface area (Å²) < 4.78 is 31.7. The van der Waals surface area contributed by atoms with Crippen LogP contribution in [-0.2, 0) is 4.79 Å². The number of carbonyl (C=O) groups is 2. The van der Waals surface area contributed by atoms with Gasteiger partial charge in [-0.3, -0.25) is 4.79 Å². The van der Waals surface area contributed by atoms with Crippen LogP contribution in [0, 0.1) is 13.8 Å². The average Bonchev–Trinajstić information content (AvgIpc) is 2.45. The largest absolute Gasteiger partial charge is 0.490 e. The second kappa shape index (κ2) is 8.14. The van der Waals surface area contributed by atoms with E-state index in [2.05, 4.69) is 15.3 Å². The zero-order chi connectivity index (χ0) is 20.1. The summed E-state index contributed by atoms with van der Waals surface area (Å²) in [5, 5.41) is 10.1. The summed E-state index contributed by atoms with van der Waals surface area (Å²) >= 11 is 0. The van der Waals surface area contributed by atoms with E-state index in [1.165, 1.54) is 6.20 Å². The lowest BCUT2D eigenvalue weighted by Gasteiger charge is -2.10. The molecule has 0 atom stereocenters. The fraction of sp³-hybridized carbons (Fsp3) is 0.200. The number of primary amides is 1. The highest BCUT2D eigenvalue weighted by molar-refractivity contribution is 5.97. The molecule has 0 saturated heterocycles. The number of hydrogen-bond donors (Lipinski definition) is 4. The Morgan fingerprint density at radius 2 is 1.77 bits per heavy atom. The number of halogens is 3. The summed E-state index contributed by atoms with van der Waals surface area (Å²) in [5.41, 5.74) is 13.9. The number of carboxylic acids is 1. The number of pyridine rings is 2. The van der Waals surface area contributed by atoms with Gasteiger partial charge in [0.15, 0.2) is 5.69 Å². The van der Waals surface area contributed by atoms with E-state index < -0.39 is 18.1 Å². The monoisotopic (exact) mass is 371 g/mol. The molecule has 0 aliphatic rings. The third kappa shape index (κ3) is 6.26. The molecule has 0 saturated carbocycles. The summed E-state index contributed by atoms with van der Waals surface area (Å²) in [7, 11) is 0. The van der Waals surface area contributed by atoms with Crippen LogP contribution in [0.4, 0.5) is 30.4 Å². The Balaban J connectivity index is 0.000000412. The second-order valence-electron chi connectivity index (χ2n) is 5.13. The Morgan fingerprint density at radius 3 is 2.23 bits per heavy atom. The second-order valence-corrected chi connectivity index (χ2v) is 5.13. The topological polar surface area (TPSA) is 144 Å². The quantitative estimate of drug-likeness (QED) is 0.647. The van der Waals surface area contributed by atoms with Crippen molar-refractivity contribution in [1.82, 2.24) is 9.97 Å². The standard InChI is InChI=1S/C13H15N5O.C2HF3O2/c1-7-3-8(2)17-11(4-7)18-10-5-9(14)6-16-12(10)13(15)19;3-2(4,5)1(6)7/h3-6H,14H2,1-2H3,(H2,15,19)(H,17,18);(H,6,7). The van der Waals surface area contributed by atoms with E-state index in [-0.39, 0.29) is 5.69 Å². The molecule has 2 heterocycles. The molecular weight excluding hydrogens is 355 g/mol. The van der Waals surface area contributed by atoms with Crippen LogP contribution in [0.25, 0.3) is 0 Å². The summed E-state index contributed by atoms with van der Waals surface area (Å²) in [6.07, 6.45) is -3.69. The van der Waals surface area contributed by atoms with E-state index in [9.17, 15) is 18.0 Å². The predicted molar refractivity (Wildman–Crippen MR) is 87.9 cm³/mol. The third-order valence-corrected chi connectivity index (χ3v) is 2.75. The van der Waals surface area contributed by atoms with Crippen LogP contribution in [0.3, 0.4) is 0 Å². The molecule has 2 rings (SSSR count). The van der Waals surface area contributed by atoms with Gasteiger partial charge in [0.25, 0.3) is 5.91 Å². The zero-order valence-corrected chi connectivity index (χ0v) is 13.8. The van der Waals surface area contributed by atoms with E-state index in [0.29, 0.717) is 17.2 Å². The van der Waals surface area contributed by atoms with Gasteiger partial charge >= 0.3 is 12.1 Å². The van der Waals surface area contributed by atoms with Crippen LogP contribution in [0.15, 0.2) is 24.4 Å². The lowest BCUT2D eigenvalue weighted by atomic mass is 10.2. The third-order valence-electron chi connectivity index (χ3n) is 2.75. The molecule has 0 aliphatic heterocycles. The first-order chi connectivity index (χ1) is 11.9. The molecule has 0 spiro atoms. The van der Waals surface area contributed by atoms with Crippen LogP contribution in [-0.4, -0.2) is 33.1 Å². The molecule has 0 aromatic carbocycles. The molecule has 26 heavy (non-hydrogen) atoms. The minimum atomic E-state index is -5.08. The number of nitrogen functional groups attached to an aromatic ring is 1. The number of aliphatic carboxylic acids is 1. The molecule has 8 nitrogen and oxygen atoms in total. The normalized spacial score (nSPS) is 10.5. The molecule has 0 aliphatic carbocycles. The van der Waals surface area contributed by atoms with Crippen LogP contribution >= 0.6 is 0 Å². The number of alkyl halides is 3. The maximum Gasteiger partial charge on any atom is 0.490 e. The number of amides is 1. The highest BCUT2D eigenvalue weighted by Gasteiger charge is 2.38. The van der Waals surface area contributed by atoms with Gasteiger partial charge in [-0.15, -0.1) is 0 Å². The number of anilines is 3. The lowest BCUT2D eigenvalue weighted by Crippen LogP contribution is -2.21. The van der Waals surface area contributed by atoms with Gasteiger partial charge in [0.05, 0.1) is 17.6 Å². The van der Waals surface area contributed by atoms with Crippen molar-refractivity contribution in [2.75, 3.05) is 11.1 Å². The van der Waals surface area contributed by atoms with Crippen molar-refractivity contribution in [1.29, 1.82) is 0 Å². The van der Waals surface area contributed by atoms with Gasteiger partial charge < -0.3 is 21.9 Å². The molecule has 0 unspecified atom stereocenters. The lowest BCUT2D eigenvalue weighted by molar-refractivity contribution is -0.192. The summed E-state index contributed by atoms with van der Waals surface area (Å²) in [4.78, 5) is 28.5. The highest BCUT2D eigenvalue weighted by Crippen LogP contribution is 2.21. The van der Waals surface area contributed by atoms with Gasteiger partial charge in [0, 0.05) is 5.69 Å². The SMILES string of the molecule is Cc1cc(C)nc(Nc2cc(N)cnc2C(N)=O)c1.O=C(O)C(F)(F)F. The number of hydrogen-bond acceptors (Lipinski definition) is 6. The first-order valence-corrected chi connectivity index (χ1v) is 6.98. The molecule has 2 aromatic heterocycles. The summed E-state index contributed by atoms with van der Waals surface area (Å²) in [5.74, 6) is -2.76. The Labute approximate surface area is 146 Å². The molecular formula is C15H16F3N5O3. The van der Waals surface area contributed by atoms with Crippen molar-refractivity contribution >= 4 is 29.1 Å². The van der Waals surface area contributed by atoms with Crippen LogP contribution in [0.5, 0.6) is 0 Å². The van der Waals surface area contributed by atoms with Crippen molar-refractivity contribution < 1.29 is 27.9 Å². The van der Waals surface area contributed by atoms with Crippen LogP contribution in [0.1, 0.15) is 21.7 Å². The molecule has 2 aromatic rings. The van der Waals surface area contributed by atoms with E-state index in [1.54, 1.807) is 6.07 Å². The Hall–Kier alpha value is -3.37. The number of aromatic nitrogens is 2. The molecule has 0 bridgehead atoms. The maximum atomic E-state index is 11.3. The van der Waals surface area contributed by atoms with Gasteiger partial charge in [-0.25, -0.2) is 14.8 Å². The van der Waals surface area contributed by atoms with Gasteiger partial charge in [-0.2, -0.15) is 13.2 Å². The smallest absolute Gasteiger partial charge is 0.475 e. The van der Waals surface area contributed by atoms with E-state index in [4.69, 9.17) is 21.4 Å². The Morgan fingerprint density at radius 1 is 1.19 bits per heavy atom. The number of carbonyl (C=O) groups excluding carboxylic acids is 1. The first-order valence-electron chi connectivity index (χ1n) is 6.98. The number of nitrogens with zero attached hydrogens (tertiary/aromatic N) is 2. The minimum Gasteiger partial charge on any atom is -0.475 e. The van der Waals surface area contributed by atoms with Gasteiger partial charge in [-0.1, -0.05) is 0 Å². The zero-order valence-electron chi connectivity index (χ0n) is 13.8. The van der Waals surface area contributed by atoms with E-state index >= 15 is 0 Å². The number of nitrogens with one attached hydrogen (secondary N) is 1. The highest BCUT2D eigenvalue weighted by atomic mass is 19.4. The number of aryl methyl sites for hydroxylation is 2. The molecule has 1 amide bonds. The van der Waals surface area contributed by atoms with Crippen molar-refractivity contribution in [3.63, 3.8) is 0 Å². The minimum absolute atomic E-state index is 0.134. The molecule has 11 heteroatoms.